The van der Waals surface area contributed by atoms with Gasteiger partial charge in [-0.3, -0.25) is 0 Å². The molecule has 1 aliphatic heterocycles. The second kappa shape index (κ2) is 4.58. The highest BCUT2D eigenvalue weighted by Crippen LogP contribution is 2.25. The number of aliphatic hydroxyl groups is 1. The maximum atomic E-state index is 9.22. The number of piperidine rings is 1. The number of hydrogen-bond donors (Lipinski definition) is 2. The van der Waals surface area contributed by atoms with Crippen LogP contribution in [-0.2, 0) is 6.61 Å². The molecule has 1 fully saturated rings. The van der Waals surface area contributed by atoms with E-state index in [0.717, 1.165) is 12.1 Å². The van der Waals surface area contributed by atoms with Crippen LogP contribution in [0.15, 0.2) is 24.3 Å². The molecule has 2 N–H and O–H groups in total. The zero-order valence-electron chi connectivity index (χ0n) is 8.37. The molecule has 14 heavy (non-hydrogen) atoms. The van der Waals surface area contributed by atoms with E-state index in [1.807, 2.05) is 18.2 Å². The highest BCUT2D eigenvalue weighted by Gasteiger charge is 2.16. The predicted molar refractivity (Wildman–Crippen MR) is 57.0 cm³/mol. The third-order valence-electron chi connectivity index (χ3n) is 2.91. The molecule has 0 aromatic heterocycles. The first-order chi connectivity index (χ1) is 6.92. The Morgan fingerprint density at radius 3 is 2.86 bits per heavy atom. The van der Waals surface area contributed by atoms with Crippen molar-refractivity contribution in [3.05, 3.63) is 35.4 Å². The van der Waals surface area contributed by atoms with E-state index in [2.05, 4.69) is 11.4 Å². The lowest BCUT2D eigenvalue weighted by molar-refractivity contribution is 0.277. The summed E-state index contributed by atoms with van der Waals surface area (Å²) in [6, 6.07) is 8.61. The third-order valence-corrected chi connectivity index (χ3v) is 2.91. The zero-order valence-corrected chi connectivity index (χ0v) is 8.37. The highest BCUT2D eigenvalue weighted by molar-refractivity contribution is 5.29. The van der Waals surface area contributed by atoms with Crippen LogP contribution in [0.4, 0.5) is 0 Å². The summed E-state index contributed by atoms with van der Waals surface area (Å²) in [5.41, 5.74) is 2.33. The molecule has 1 heterocycles. The lowest BCUT2D eigenvalue weighted by Gasteiger charge is -2.25. The van der Waals surface area contributed by atoms with Gasteiger partial charge in [0.25, 0.3) is 0 Å². The fourth-order valence-electron chi connectivity index (χ4n) is 2.14. The van der Waals surface area contributed by atoms with Gasteiger partial charge < -0.3 is 10.4 Å². The van der Waals surface area contributed by atoms with Gasteiger partial charge in [0.05, 0.1) is 6.61 Å². The van der Waals surface area contributed by atoms with Crippen molar-refractivity contribution in [2.45, 2.75) is 31.9 Å². The van der Waals surface area contributed by atoms with Crippen molar-refractivity contribution in [1.82, 2.24) is 5.32 Å². The molecule has 1 aromatic carbocycles. The van der Waals surface area contributed by atoms with E-state index in [9.17, 15) is 5.11 Å². The molecular weight excluding hydrogens is 174 g/mol. The fraction of sp³-hybridized carbons (Fsp3) is 0.500. The van der Waals surface area contributed by atoms with Gasteiger partial charge in [0, 0.05) is 6.04 Å². The smallest absolute Gasteiger partial charge is 0.0685 e. The molecule has 0 spiro atoms. The second-order valence-corrected chi connectivity index (χ2v) is 3.86. The molecule has 0 amide bonds. The Labute approximate surface area is 85.0 Å². The largest absolute Gasteiger partial charge is 0.392 e. The molecule has 1 aromatic rings. The van der Waals surface area contributed by atoms with Crippen molar-refractivity contribution >= 4 is 0 Å². The predicted octanol–water partition coefficient (Wildman–Crippen LogP) is 1.99. The molecule has 76 valence electrons. The van der Waals surface area contributed by atoms with Gasteiger partial charge in [0.15, 0.2) is 0 Å². The lowest BCUT2D eigenvalue weighted by Crippen LogP contribution is -2.27. The van der Waals surface area contributed by atoms with Crippen LogP contribution in [0.1, 0.15) is 36.4 Å². The molecule has 0 radical (unpaired) electrons. The first-order valence-electron chi connectivity index (χ1n) is 5.34. The van der Waals surface area contributed by atoms with Crippen LogP contribution < -0.4 is 5.32 Å². The number of hydrogen-bond acceptors (Lipinski definition) is 2. The van der Waals surface area contributed by atoms with E-state index in [1.54, 1.807) is 0 Å². The van der Waals surface area contributed by atoms with Crippen molar-refractivity contribution in [3.63, 3.8) is 0 Å². The Morgan fingerprint density at radius 2 is 2.14 bits per heavy atom. The van der Waals surface area contributed by atoms with Gasteiger partial charge in [0.2, 0.25) is 0 Å². The first-order valence-corrected chi connectivity index (χ1v) is 5.34. The minimum atomic E-state index is 0.147. The SMILES string of the molecule is OCc1ccccc1[C@@H]1CCCCN1. The van der Waals surface area contributed by atoms with Crippen LogP contribution in [0, 0.1) is 0 Å². The monoisotopic (exact) mass is 191 g/mol. The van der Waals surface area contributed by atoms with Gasteiger partial charge in [-0.2, -0.15) is 0 Å². The van der Waals surface area contributed by atoms with Gasteiger partial charge in [-0.25, -0.2) is 0 Å². The van der Waals surface area contributed by atoms with Crippen LogP contribution in [0.25, 0.3) is 0 Å². The minimum absolute atomic E-state index is 0.147. The summed E-state index contributed by atoms with van der Waals surface area (Å²) in [6.07, 6.45) is 3.76. The van der Waals surface area contributed by atoms with E-state index < -0.39 is 0 Å². The summed E-state index contributed by atoms with van der Waals surface area (Å²) in [5, 5.41) is 12.7. The van der Waals surface area contributed by atoms with Crippen molar-refractivity contribution in [3.8, 4) is 0 Å². The molecule has 2 rings (SSSR count). The number of benzene rings is 1. The van der Waals surface area contributed by atoms with E-state index in [1.165, 1.54) is 24.8 Å². The topological polar surface area (TPSA) is 32.3 Å². The maximum absolute atomic E-state index is 9.22. The Hall–Kier alpha value is -0.860. The molecule has 1 atom stereocenters. The molecule has 0 aliphatic carbocycles. The second-order valence-electron chi connectivity index (χ2n) is 3.86. The highest BCUT2D eigenvalue weighted by atomic mass is 16.3. The minimum Gasteiger partial charge on any atom is -0.392 e. The van der Waals surface area contributed by atoms with Gasteiger partial charge >= 0.3 is 0 Å². The molecule has 1 aliphatic rings. The summed E-state index contributed by atoms with van der Waals surface area (Å²) in [5.74, 6) is 0. The summed E-state index contributed by atoms with van der Waals surface area (Å²) in [4.78, 5) is 0. The van der Waals surface area contributed by atoms with E-state index in [4.69, 9.17) is 0 Å². The fourth-order valence-corrected chi connectivity index (χ4v) is 2.14. The van der Waals surface area contributed by atoms with Gasteiger partial charge in [0.1, 0.15) is 0 Å². The van der Waals surface area contributed by atoms with Crippen LogP contribution in [0.3, 0.4) is 0 Å². The van der Waals surface area contributed by atoms with E-state index >= 15 is 0 Å². The van der Waals surface area contributed by atoms with Crippen molar-refractivity contribution in [2.75, 3.05) is 6.54 Å². The van der Waals surface area contributed by atoms with Gasteiger partial charge in [-0.1, -0.05) is 30.7 Å². The van der Waals surface area contributed by atoms with Crippen LogP contribution in [0.2, 0.25) is 0 Å². The lowest BCUT2D eigenvalue weighted by atomic mass is 9.94. The number of aliphatic hydroxyl groups excluding tert-OH is 1. The molecular formula is C12H17NO. The maximum Gasteiger partial charge on any atom is 0.0685 e. The van der Waals surface area contributed by atoms with Crippen LogP contribution in [0.5, 0.6) is 0 Å². The third kappa shape index (κ3) is 1.97. The molecule has 1 saturated heterocycles. The van der Waals surface area contributed by atoms with E-state index in [-0.39, 0.29) is 6.61 Å². The molecule has 2 heteroatoms. The Bertz CT molecular complexity index is 292. The van der Waals surface area contributed by atoms with Crippen molar-refractivity contribution in [1.29, 1.82) is 0 Å². The van der Waals surface area contributed by atoms with Gasteiger partial charge in [-0.05, 0) is 30.5 Å². The van der Waals surface area contributed by atoms with Crippen LogP contribution >= 0.6 is 0 Å². The first kappa shape index (κ1) is 9.69. The van der Waals surface area contributed by atoms with Crippen molar-refractivity contribution < 1.29 is 5.11 Å². The summed E-state index contributed by atoms with van der Waals surface area (Å²) in [6.45, 7) is 1.25. The Kier molecular flexibility index (Phi) is 3.17. The number of rotatable bonds is 2. The summed E-state index contributed by atoms with van der Waals surface area (Å²) in [7, 11) is 0. The van der Waals surface area contributed by atoms with E-state index in [0.29, 0.717) is 6.04 Å². The normalized spacial score (nSPS) is 22.2. The molecule has 2 nitrogen and oxygen atoms in total. The molecule has 0 saturated carbocycles. The average molecular weight is 191 g/mol. The summed E-state index contributed by atoms with van der Waals surface area (Å²) >= 11 is 0. The zero-order chi connectivity index (χ0) is 9.80. The summed E-state index contributed by atoms with van der Waals surface area (Å²) < 4.78 is 0. The average Bonchev–Trinajstić information content (AvgIpc) is 2.30. The molecule has 0 unspecified atom stereocenters. The van der Waals surface area contributed by atoms with Crippen LogP contribution in [-0.4, -0.2) is 11.7 Å². The Morgan fingerprint density at radius 1 is 1.29 bits per heavy atom. The number of nitrogens with one attached hydrogen (secondary N) is 1. The van der Waals surface area contributed by atoms with Gasteiger partial charge in [-0.15, -0.1) is 0 Å². The standard InChI is InChI=1S/C12H17NO/c14-9-10-5-1-2-6-11(10)12-7-3-4-8-13-12/h1-2,5-6,12-14H,3-4,7-9H2/t12-/m0/s1. The molecule has 0 bridgehead atoms. The Balaban J connectivity index is 2.20. The van der Waals surface area contributed by atoms with Crippen molar-refractivity contribution in [2.24, 2.45) is 0 Å². The quantitative estimate of drug-likeness (QED) is 0.749.